The highest BCUT2D eigenvalue weighted by Gasteiger charge is 2.11. The molecule has 0 fully saturated rings. The molecular formula is C16H14N2S. The number of para-hydroxylation sites is 1. The zero-order valence-corrected chi connectivity index (χ0v) is 11.3. The molecule has 0 saturated carbocycles. The molecule has 1 aromatic heterocycles. The molecule has 3 aromatic rings. The third-order valence-electron chi connectivity index (χ3n) is 3.58. The molecule has 0 amide bonds. The van der Waals surface area contributed by atoms with Gasteiger partial charge in [-0.05, 0) is 35.7 Å². The minimum Gasteiger partial charge on any atom is -0.384 e. The average Bonchev–Trinajstić information content (AvgIpc) is 3.03. The predicted octanol–water partition coefficient (Wildman–Crippen LogP) is 3.86. The van der Waals surface area contributed by atoms with E-state index in [0.717, 1.165) is 24.9 Å². The summed E-state index contributed by atoms with van der Waals surface area (Å²) < 4.78 is 1.27. The van der Waals surface area contributed by atoms with E-state index in [1.807, 2.05) is 6.07 Å². The van der Waals surface area contributed by atoms with Gasteiger partial charge in [0.2, 0.25) is 0 Å². The molecule has 0 atom stereocenters. The summed E-state index contributed by atoms with van der Waals surface area (Å²) in [5, 5.41) is 4.63. The van der Waals surface area contributed by atoms with Crippen molar-refractivity contribution in [2.75, 3.05) is 11.9 Å². The molecule has 0 aliphatic carbocycles. The summed E-state index contributed by atoms with van der Waals surface area (Å²) in [5.74, 6) is 0. The smallest absolute Gasteiger partial charge is 0.0982 e. The molecule has 1 aliphatic rings. The van der Waals surface area contributed by atoms with E-state index in [1.165, 1.54) is 26.5 Å². The molecule has 4 rings (SSSR count). The first-order chi connectivity index (χ1) is 9.38. The fourth-order valence-electron chi connectivity index (χ4n) is 2.62. The number of anilines is 1. The topological polar surface area (TPSA) is 24.9 Å². The number of nitrogens with one attached hydrogen (secondary N) is 1. The van der Waals surface area contributed by atoms with Gasteiger partial charge in [0, 0.05) is 18.7 Å². The van der Waals surface area contributed by atoms with Crippen molar-refractivity contribution in [2.45, 2.75) is 12.8 Å². The lowest BCUT2D eigenvalue weighted by Crippen LogP contribution is -1.92. The molecule has 2 aromatic carbocycles. The maximum absolute atomic E-state index is 4.70. The summed E-state index contributed by atoms with van der Waals surface area (Å²) in [6.07, 6.45) is 2.07. The fourth-order valence-corrected chi connectivity index (χ4v) is 3.62. The van der Waals surface area contributed by atoms with Crippen LogP contribution in [0.5, 0.6) is 0 Å². The lowest BCUT2D eigenvalue weighted by Gasteiger charge is -2.03. The lowest BCUT2D eigenvalue weighted by molar-refractivity contribution is 1.10. The van der Waals surface area contributed by atoms with Crippen LogP contribution < -0.4 is 5.32 Å². The Bertz CT molecular complexity index is 712. The average molecular weight is 266 g/mol. The molecule has 0 bridgehead atoms. The predicted molar refractivity (Wildman–Crippen MR) is 81.1 cm³/mol. The van der Waals surface area contributed by atoms with Crippen molar-refractivity contribution in [1.82, 2.24) is 4.98 Å². The van der Waals surface area contributed by atoms with Gasteiger partial charge < -0.3 is 5.32 Å². The van der Waals surface area contributed by atoms with Crippen molar-refractivity contribution < 1.29 is 0 Å². The number of nitrogens with zero attached hydrogens (tertiary/aromatic N) is 1. The van der Waals surface area contributed by atoms with Crippen LogP contribution in [0.4, 0.5) is 5.69 Å². The van der Waals surface area contributed by atoms with E-state index in [0.29, 0.717) is 0 Å². The van der Waals surface area contributed by atoms with E-state index in [4.69, 9.17) is 4.98 Å². The molecule has 19 heavy (non-hydrogen) atoms. The second-order valence-electron chi connectivity index (χ2n) is 4.92. The van der Waals surface area contributed by atoms with E-state index in [1.54, 1.807) is 11.3 Å². The monoisotopic (exact) mass is 266 g/mol. The Kier molecular flexibility index (Phi) is 2.52. The van der Waals surface area contributed by atoms with Crippen LogP contribution in [0.2, 0.25) is 0 Å². The van der Waals surface area contributed by atoms with Gasteiger partial charge in [0.05, 0.1) is 15.2 Å². The zero-order chi connectivity index (χ0) is 12.7. The molecule has 0 spiro atoms. The largest absolute Gasteiger partial charge is 0.384 e. The summed E-state index contributed by atoms with van der Waals surface area (Å²) in [6.45, 7) is 1.07. The Balaban J connectivity index is 1.67. The number of hydrogen-bond acceptors (Lipinski definition) is 3. The highest BCUT2D eigenvalue weighted by atomic mass is 32.1. The second-order valence-corrected chi connectivity index (χ2v) is 6.04. The van der Waals surface area contributed by atoms with Gasteiger partial charge in [-0.3, -0.25) is 0 Å². The molecule has 0 saturated heterocycles. The van der Waals surface area contributed by atoms with E-state index >= 15 is 0 Å². The van der Waals surface area contributed by atoms with Crippen LogP contribution in [0, 0.1) is 0 Å². The van der Waals surface area contributed by atoms with E-state index in [9.17, 15) is 0 Å². The highest BCUT2D eigenvalue weighted by molar-refractivity contribution is 7.18. The van der Waals surface area contributed by atoms with Gasteiger partial charge in [-0.2, -0.15) is 0 Å². The van der Waals surface area contributed by atoms with Gasteiger partial charge in [0.1, 0.15) is 0 Å². The first kappa shape index (κ1) is 11.0. The third-order valence-corrected chi connectivity index (χ3v) is 4.61. The van der Waals surface area contributed by atoms with Crippen LogP contribution in [0.15, 0.2) is 42.5 Å². The summed E-state index contributed by atoms with van der Waals surface area (Å²) in [5.41, 5.74) is 5.20. The molecular weight excluding hydrogens is 252 g/mol. The Labute approximate surface area is 116 Å². The SMILES string of the molecule is c1ccc2sc(Cc3ccc4c(c3)NCC4)nc2c1. The van der Waals surface area contributed by atoms with Gasteiger partial charge in [-0.15, -0.1) is 11.3 Å². The number of fused-ring (bicyclic) bond motifs is 2. The number of rotatable bonds is 2. The number of hydrogen-bond donors (Lipinski definition) is 1. The maximum atomic E-state index is 4.70. The standard InChI is InChI=1S/C16H14N2S/c1-2-4-15-13(3-1)18-16(19-15)10-11-5-6-12-7-8-17-14(12)9-11/h1-6,9,17H,7-8,10H2. The van der Waals surface area contributed by atoms with Gasteiger partial charge in [0.25, 0.3) is 0 Å². The van der Waals surface area contributed by atoms with Crippen molar-refractivity contribution in [3.05, 3.63) is 58.6 Å². The van der Waals surface area contributed by atoms with Crippen molar-refractivity contribution in [1.29, 1.82) is 0 Å². The first-order valence-electron chi connectivity index (χ1n) is 6.59. The Hall–Kier alpha value is -1.87. The summed E-state index contributed by atoms with van der Waals surface area (Å²) in [6, 6.07) is 15.1. The Morgan fingerprint density at radius 1 is 1.16 bits per heavy atom. The van der Waals surface area contributed by atoms with Gasteiger partial charge in [-0.1, -0.05) is 24.3 Å². The van der Waals surface area contributed by atoms with Crippen molar-refractivity contribution in [3.63, 3.8) is 0 Å². The van der Waals surface area contributed by atoms with E-state index in [-0.39, 0.29) is 0 Å². The fraction of sp³-hybridized carbons (Fsp3) is 0.188. The van der Waals surface area contributed by atoms with Crippen LogP contribution in [0.25, 0.3) is 10.2 Å². The number of aromatic nitrogens is 1. The van der Waals surface area contributed by atoms with E-state index < -0.39 is 0 Å². The number of benzene rings is 2. The van der Waals surface area contributed by atoms with Crippen LogP contribution in [0.3, 0.4) is 0 Å². The maximum Gasteiger partial charge on any atom is 0.0982 e. The van der Waals surface area contributed by atoms with Crippen molar-refractivity contribution in [3.8, 4) is 0 Å². The normalized spacial score (nSPS) is 13.5. The first-order valence-corrected chi connectivity index (χ1v) is 7.40. The molecule has 1 aliphatic heterocycles. The quantitative estimate of drug-likeness (QED) is 0.762. The summed E-state index contributed by atoms with van der Waals surface area (Å²) in [7, 11) is 0. The minimum absolute atomic E-state index is 0.925. The third kappa shape index (κ3) is 2.00. The van der Waals surface area contributed by atoms with Crippen molar-refractivity contribution >= 4 is 27.2 Å². The molecule has 0 radical (unpaired) electrons. The minimum atomic E-state index is 0.925. The van der Waals surface area contributed by atoms with Crippen LogP contribution in [0.1, 0.15) is 16.1 Å². The molecule has 2 heterocycles. The van der Waals surface area contributed by atoms with Gasteiger partial charge in [-0.25, -0.2) is 4.98 Å². The molecule has 3 heteroatoms. The van der Waals surface area contributed by atoms with Gasteiger partial charge in [0.15, 0.2) is 0 Å². The Morgan fingerprint density at radius 2 is 2.11 bits per heavy atom. The molecule has 0 unspecified atom stereocenters. The van der Waals surface area contributed by atoms with E-state index in [2.05, 4.69) is 41.7 Å². The number of thiazole rings is 1. The second kappa shape index (κ2) is 4.35. The molecule has 94 valence electrons. The zero-order valence-electron chi connectivity index (χ0n) is 10.5. The highest BCUT2D eigenvalue weighted by Crippen LogP contribution is 2.27. The lowest BCUT2D eigenvalue weighted by atomic mass is 10.1. The van der Waals surface area contributed by atoms with Gasteiger partial charge >= 0.3 is 0 Å². The summed E-state index contributed by atoms with van der Waals surface area (Å²) >= 11 is 1.79. The molecule has 1 N–H and O–H groups in total. The molecule has 2 nitrogen and oxygen atoms in total. The summed E-state index contributed by atoms with van der Waals surface area (Å²) in [4.78, 5) is 4.70. The van der Waals surface area contributed by atoms with Crippen molar-refractivity contribution in [2.24, 2.45) is 0 Å². The van der Waals surface area contributed by atoms with Crippen LogP contribution in [-0.4, -0.2) is 11.5 Å². The Morgan fingerprint density at radius 3 is 3.05 bits per heavy atom. The van der Waals surface area contributed by atoms with Crippen LogP contribution in [-0.2, 0) is 12.8 Å². The van der Waals surface area contributed by atoms with Crippen LogP contribution >= 0.6 is 11.3 Å².